The summed E-state index contributed by atoms with van der Waals surface area (Å²) in [5.74, 6) is 0.396. The van der Waals surface area contributed by atoms with Gasteiger partial charge in [0.25, 0.3) is 0 Å². The van der Waals surface area contributed by atoms with Gasteiger partial charge in [0.2, 0.25) is 0 Å². The number of ether oxygens (including phenoxy) is 3. The molecule has 0 amide bonds. The second kappa shape index (κ2) is 7.55. The van der Waals surface area contributed by atoms with Crippen LogP contribution in [0, 0.1) is 5.92 Å². The smallest absolute Gasteiger partial charge is 0.183 e. The van der Waals surface area contributed by atoms with E-state index in [1.807, 2.05) is 0 Å². The van der Waals surface area contributed by atoms with E-state index >= 15 is 0 Å². The fourth-order valence-corrected chi connectivity index (χ4v) is 2.79. The molecule has 0 aliphatic carbocycles. The predicted octanol–water partition coefficient (Wildman–Crippen LogP) is 2.65. The lowest BCUT2D eigenvalue weighted by Crippen LogP contribution is -2.44. The Kier molecular flexibility index (Phi) is 6.02. The van der Waals surface area contributed by atoms with Crippen LogP contribution < -0.4 is 0 Å². The summed E-state index contributed by atoms with van der Waals surface area (Å²) in [6, 6.07) is 0. The van der Waals surface area contributed by atoms with E-state index < -0.39 is 12.4 Å². The highest BCUT2D eigenvalue weighted by Crippen LogP contribution is 2.27. The largest absolute Gasteiger partial charge is 0.388 e. The van der Waals surface area contributed by atoms with Crippen molar-refractivity contribution >= 4 is 0 Å². The lowest BCUT2D eigenvalue weighted by Gasteiger charge is -2.36. The highest BCUT2D eigenvalue weighted by Gasteiger charge is 2.33. The van der Waals surface area contributed by atoms with Crippen molar-refractivity contribution in [2.75, 3.05) is 13.2 Å². The lowest BCUT2D eigenvalue weighted by atomic mass is 9.98. The zero-order valence-corrected chi connectivity index (χ0v) is 12.9. The zero-order valence-electron chi connectivity index (χ0n) is 12.9. The molecular formula is C16H28O4. The maximum Gasteiger partial charge on any atom is 0.183 e. The van der Waals surface area contributed by atoms with E-state index in [4.69, 9.17) is 14.2 Å². The van der Waals surface area contributed by atoms with Crippen molar-refractivity contribution in [1.82, 2.24) is 0 Å². The van der Waals surface area contributed by atoms with E-state index in [0.29, 0.717) is 19.1 Å². The van der Waals surface area contributed by atoms with Crippen LogP contribution in [0.4, 0.5) is 0 Å². The fourth-order valence-electron chi connectivity index (χ4n) is 2.79. The van der Waals surface area contributed by atoms with E-state index in [1.54, 1.807) is 0 Å². The Hall–Kier alpha value is -0.420. The standard InChI is InChI=1S/C16H28O4/c1-4-5-6-13-8-14(10-18-12(13)3)20-16-15(17)7-11(2)9-19-16/h6,11-12,14-17H,4-5,7-10H2,1-3H3/b13-6+. The molecule has 2 heterocycles. The van der Waals surface area contributed by atoms with Gasteiger partial charge >= 0.3 is 0 Å². The number of hydrogen-bond donors (Lipinski definition) is 1. The molecule has 2 aliphatic heterocycles. The van der Waals surface area contributed by atoms with Crippen molar-refractivity contribution in [2.45, 2.75) is 71.1 Å². The summed E-state index contributed by atoms with van der Waals surface area (Å²) in [5, 5.41) is 10.0. The summed E-state index contributed by atoms with van der Waals surface area (Å²) < 4.78 is 17.3. The summed E-state index contributed by atoms with van der Waals surface area (Å²) in [6.07, 6.45) is 5.25. The summed E-state index contributed by atoms with van der Waals surface area (Å²) >= 11 is 0. The molecule has 4 heteroatoms. The second-order valence-corrected chi connectivity index (χ2v) is 6.12. The van der Waals surface area contributed by atoms with Gasteiger partial charge in [-0.2, -0.15) is 0 Å². The van der Waals surface area contributed by atoms with Crippen LogP contribution in [0.1, 0.15) is 46.5 Å². The van der Waals surface area contributed by atoms with Gasteiger partial charge in [0.15, 0.2) is 6.29 Å². The molecule has 2 aliphatic rings. The van der Waals surface area contributed by atoms with Crippen molar-refractivity contribution in [1.29, 1.82) is 0 Å². The van der Waals surface area contributed by atoms with Crippen molar-refractivity contribution in [3.05, 3.63) is 11.6 Å². The first-order chi connectivity index (χ1) is 9.60. The first kappa shape index (κ1) is 16.0. The molecule has 0 aromatic carbocycles. The van der Waals surface area contributed by atoms with Gasteiger partial charge in [-0.15, -0.1) is 0 Å². The number of aliphatic hydroxyl groups is 1. The van der Waals surface area contributed by atoms with Crippen LogP contribution in [0.15, 0.2) is 11.6 Å². The third-order valence-corrected chi connectivity index (χ3v) is 4.04. The normalized spacial score (nSPS) is 41.0. The minimum absolute atomic E-state index is 0.0117. The van der Waals surface area contributed by atoms with Gasteiger partial charge in [-0.05, 0) is 37.7 Å². The molecule has 5 atom stereocenters. The van der Waals surface area contributed by atoms with E-state index in [0.717, 1.165) is 25.7 Å². The average Bonchev–Trinajstić information content (AvgIpc) is 2.42. The number of allylic oxidation sites excluding steroid dienone is 1. The van der Waals surface area contributed by atoms with Gasteiger partial charge in [0, 0.05) is 0 Å². The van der Waals surface area contributed by atoms with Crippen LogP contribution in [0.2, 0.25) is 0 Å². The molecule has 2 fully saturated rings. The van der Waals surface area contributed by atoms with Crippen LogP contribution >= 0.6 is 0 Å². The van der Waals surface area contributed by atoms with E-state index in [-0.39, 0.29) is 12.2 Å². The third kappa shape index (κ3) is 4.29. The summed E-state index contributed by atoms with van der Waals surface area (Å²) in [4.78, 5) is 0. The van der Waals surface area contributed by atoms with Gasteiger partial charge in [-0.1, -0.05) is 26.3 Å². The number of unbranched alkanes of at least 4 members (excludes halogenated alkanes) is 1. The quantitative estimate of drug-likeness (QED) is 0.806. The van der Waals surface area contributed by atoms with Gasteiger partial charge in [0.1, 0.15) is 6.10 Å². The summed E-state index contributed by atoms with van der Waals surface area (Å²) in [6.45, 7) is 7.57. The molecular weight excluding hydrogens is 256 g/mol. The summed E-state index contributed by atoms with van der Waals surface area (Å²) in [5.41, 5.74) is 1.31. The van der Waals surface area contributed by atoms with Gasteiger partial charge in [-0.3, -0.25) is 0 Å². The molecule has 0 aromatic heterocycles. The molecule has 0 aromatic rings. The Bertz CT molecular complexity index is 328. The topological polar surface area (TPSA) is 47.9 Å². The number of rotatable bonds is 4. The second-order valence-electron chi connectivity index (χ2n) is 6.12. The van der Waals surface area contributed by atoms with E-state index in [2.05, 4.69) is 26.8 Å². The molecule has 2 rings (SSSR count). The number of aliphatic hydroxyl groups excluding tert-OH is 1. The first-order valence-corrected chi connectivity index (χ1v) is 7.85. The van der Waals surface area contributed by atoms with Crippen LogP contribution in [0.25, 0.3) is 0 Å². The van der Waals surface area contributed by atoms with Crippen molar-refractivity contribution in [2.24, 2.45) is 5.92 Å². The van der Waals surface area contributed by atoms with E-state index in [1.165, 1.54) is 5.57 Å². The van der Waals surface area contributed by atoms with Crippen LogP contribution in [-0.2, 0) is 14.2 Å². The molecule has 0 spiro atoms. The Balaban J connectivity index is 1.87. The Morgan fingerprint density at radius 2 is 2.10 bits per heavy atom. The lowest BCUT2D eigenvalue weighted by molar-refractivity contribution is -0.253. The van der Waals surface area contributed by atoms with Gasteiger partial charge < -0.3 is 19.3 Å². The highest BCUT2D eigenvalue weighted by atomic mass is 16.7. The zero-order chi connectivity index (χ0) is 14.5. The minimum Gasteiger partial charge on any atom is -0.388 e. The maximum atomic E-state index is 10.0. The monoisotopic (exact) mass is 284 g/mol. The van der Waals surface area contributed by atoms with Crippen LogP contribution in [0.3, 0.4) is 0 Å². The molecule has 0 radical (unpaired) electrons. The fraction of sp³-hybridized carbons (Fsp3) is 0.875. The molecule has 0 saturated carbocycles. The predicted molar refractivity (Wildman–Crippen MR) is 77.4 cm³/mol. The Morgan fingerprint density at radius 3 is 2.80 bits per heavy atom. The number of hydrogen-bond acceptors (Lipinski definition) is 4. The molecule has 1 N–H and O–H groups in total. The molecule has 4 nitrogen and oxygen atoms in total. The third-order valence-electron chi connectivity index (χ3n) is 4.04. The van der Waals surface area contributed by atoms with Gasteiger partial charge in [-0.25, -0.2) is 0 Å². The summed E-state index contributed by atoms with van der Waals surface area (Å²) in [7, 11) is 0. The highest BCUT2D eigenvalue weighted by molar-refractivity contribution is 5.11. The first-order valence-electron chi connectivity index (χ1n) is 7.85. The average molecular weight is 284 g/mol. The molecule has 20 heavy (non-hydrogen) atoms. The molecule has 116 valence electrons. The molecule has 5 unspecified atom stereocenters. The van der Waals surface area contributed by atoms with Crippen molar-refractivity contribution in [3.8, 4) is 0 Å². The Morgan fingerprint density at radius 1 is 1.30 bits per heavy atom. The SMILES string of the molecule is CCC/C=C1\CC(OC2OCC(C)CC2O)COC1C. The van der Waals surface area contributed by atoms with E-state index in [9.17, 15) is 5.11 Å². The minimum atomic E-state index is -0.527. The Labute approximate surface area is 122 Å². The molecule has 2 saturated heterocycles. The maximum absolute atomic E-state index is 10.0. The van der Waals surface area contributed by atoms with Crippen molar-refractivity contribution < 1.29 is 19.3 Å². The van der Waals surface area contributed by atoms with Gasteiger partial charge in [0.05, 0.1) is 25.4 Å². The van der Waals surface area contributed by atoms with Crippen LogP contribution in [-0.4, -0.2) is 42.9 Å². The van der Waals surface area contributed by atoms with Crippen molar-refractivity contribution in [3.63, 3.8) is 0 Å². The van der Waals surface area contributed by atoms with Crippen LogP contribution in [0.5, 0.6) is 0 Å². The molecule has 0 bridgehead atoms.